The number of esters is 2. The molecule has 0 saturated carbocycles. The topological polar surface area (TPSA) is 93.7 Å². The van der Waals surface area contributed by atoms with E-state index in [1.54, 1.807) is 0 Å². The average Bonchev–Trinajstić information content (AvgIpc) is 3.19. The van der Waals surface area contributed by atoms with E-state index in [0.717, 1.165) is 35.3 Å². The molecule has 36 heavy (non-hydrogen) atoms. The third-order valence-electron chi connectivity index (χ3n) is 6.41. The van der Waals surface area contributed by atoms with Crippen LogP contribution in [-0.2, 0) is 38.3 Å². The first-order chi connectivity index (χ1) is 17.1. The summed E-state index contributed by atoms with van der Waals surface area (Å²) in [6.45, 7) is 6.97. The monoisotopic (exact) mass is 530 g/mol. The summed E-state index contributed by atoms with van der Waals surface area (Å²) in [7, 11) is 1.36. The van der Waals surface area contributed by atoms with Gasteiger partial charge in [-0.25, -0.2) is 4.79 Å². The van der Waals surface area contributed by atoms with Crippen molar-refractivity contribution in [2.24, 2.45) is 11.3 Å². The molecule has 1 amide bonds. The first kappa shape index (κ1) is 27.8. The zero-order chi connectivity index (χ0) is 26.3. The third kappa shape index (κ3) is 7.61. The number of rotatable bonds is 8. The molecule has 1 heterocycles. The number of fused-ring (bicyclic) bond motifs is 1. The number of nitrogens with one attached hydrogen (secondary N) is 2. The van der Waals surface area contributed by atoms with Gasteiger partial charge >= 0.3 is 11.9 Å². The Bertz CT molecular complexity index is 1110. The normalized spacial score (nSPS) is 14.9. The van der Waals surface area contributed by atoms with Crippen LogP contribution in [0.3, 0.4) is 0 Å². The molecule has 1 atom stereocenters. The van der Waals surface area contributed by atoms with Gasteiger partial charge in [-0.1, -0.05) is 51.1 Å². The molecule has 0 fully saturated rings. The van der Waals surface area contributed by atoms with Crippen molar-refractivity contribution in [3.63, 3.8) is 0 Å². The lowest BCUT2D eigenvalue weighted by Crippen LogP contribution is -2.34. The van der Waals surface area contributed by atoms with Crippen LogP contribution in [0.15, 0.2) is 30.3 Å². The van der Waals surface area contributed by atoms with Gasteiger partial charge in [-0.15, -0.1) is 11.3 Å². The number of methoxy groups -OCH3 is 1. The summed E-state index contributed by atoms with van der Waals surface area (Å²) in [6.07, 6.45) is 3.21. The molecule has 1 aromatic heterocycles. The maximum absolute atomic E-state index is 12.6. The number of carbonyl (C=O) groups excluding carboxylic acids is 3. The summed E-state index contributed by atoms with van der Waals surface area (Å²) in [5.41, 5.74) is 2.74. The number of benzene rings is 1. The molecular weight excluding hydrogens is 496 g/mol. The van der Waals surface area contributed by atoms with Crippen LogP contribution >= 0.6 is 23.6 Å². The minimum absolute atomic E-state index is 0.0435. The summed E-state index contributed by atoms with van der Waals surface area (Å²) < 4.78 is 10.2. The molecule has 0 bridgehead atoms. The second-order valence-corrected chi connectivity index (χ2v) is 11.5. The van der Waals surface area contributed by atoms with E-state index in [9.17, 15) is 14.4 Å². The molecule has 9 heteroatoms. The fraction of sp³-hybridized carbons (Fsp3) is 0.481. The molecule has 194 valence electrons. The number of ether oxygens (including phenoxy) is 2. The Labute approximate surface area is 221 Å². The van der Waals surface area contributed by atoms with Crippen LogP contribution in [-0.4, -0.2) is 36.7 Å². The van der Waals surface area contributed by atoms with Crippen LogP contribution < -0.4 is 10.6 Å². The summed E-state index contributed by atoms with van der Waals surface area (Å²) >= 11 is 6.80. The van der Waals surface area contributed by atoms with Crippen molar-refractivity contribution in [1.82, 2.24) is 5.32 Å². The highest BCUT2D eigenvalue weighted by Crippen LogP contribution is 2.44. The van der Waals surface area contributed by atoms with Crippen molar-refractivity contribution < 1.29 is 23.9 Å². The van der Waals surface area contributed by atoms with Gasteiger partial charge in [0.2, 0.25) is 5.91 Å². The van der Waals surface area contributed by atoms with Gasteiger partial charge in [-0.05, 0) is 53.9 Å². The summed E-state index contributed by atoms with van der Waals surface area (Å²) in [5, 5.41) is 6.25. The summed E-state index contributed by atoms with van der Waals surface area (Å²) in [4.78, 5) is 38.0. The number of thiophene rings is 1. The standard InChI is InChI=1S/C27H34N2O5S2/c1-27(2,3)18-10-11-19-20(16-18)36-24(23(19)25(32)33-4)29-26(35)28-21(30)12-13-22(31)34-15-14-17-8-6-5-7-9-17/h5-9,18H,10-16H2,1-4H3,(H2,28,29,30,35). The highest BCUT2D eigenvalue weighted by molar-refractivity contribution is 7.80. The van der Waals surface area contributed by atoms with E-state index in [1.807, 2.05) is 30.3 Å². The Morgan fingerprint density at radius 3 is 2.53 bits per heavy atom. The molecule has 1 aliphatic carbocycles. The molecule has 7 nitrogen and oxygen atoms in total. The predicted octanol–water partition coefficient (Wildman–Crippen LogP) is 5.06. The maximum atomic E-state index is 12.6. The van der Waals surface area contributed by atoms with E-state index in [0.29, 0.717) is 22.9 Å². The number of hydrogen-bond donors (Lipinski definition) is 2. The highest BCUT2D eigenvalue weighted by Gasteiger charge is 2.34. The fourth-order valence-corrected chi connectivity index (χ4v) is 5.87. The minimum atomic E-state index is -0.438. The van der Waals surface area contributed by atoms with Crippen molar-refractivity contribution in [1.29, 1.82) is 0 Å². The second kappa shape index (κ2) is 12.5. The zero-order valence-corrected chi connectivity index (χ0v) is 22.9. The van der Waals surface area contributed by atoms with Gasteiger partial charge in [0.05, 0.1) is 25.7 Å². The number of carbonyl (C=O) groups is 3. The molecule has 2 aromatic rings. The van der Waals surface area contributed by atoms with Crippen molar-refractivity contribution in [2.75, 3.05) is 19.0 Å². The van der Waals surface area contributed by atoms with Crippen LogP contribution in [0.5, 0.6) is 0 Å². The molecule has 0 saturated heterocycles. The van der Waals surface area contributed by atoms with Crippen LogP contribution in [0.2, 0.25) is 0 Å². The second-order valence-electron chi connectivity index (χ2n) is 9.96. The predicted molar refractivity (Wildman–Crippen MR) is 145 cm³/mol. The van der Waals surface area contributed by atoms with E-state index >= 15 is 0 Å². The van der Waals surface area contributed by atoms with Crippen molar-refractivity contribution in [3.8, 4) is 0 Å². The minimum Gasteiger partial charge on any atom is -0.465 e. The van der Waals surface area contributed by atoms with E-state index in [4.69, 9.17) is 21.7 Å². The first-order valence-electron chi connectivity index (χ1n) is 12.1. The summed E-state index contributed by atoms with van der Waals surface area (Å²) in [5.74, 6) is -0.744. The van der Waals surface area contributed by atoms with Gasteiger partial charge in [-0.3, -0.25) is 9.59 Å². The lowest BCUT2D eigenvalue weighted by atomic mass is 9.72. The lowest BCUT2D eigenvalue weighted by molar-refractivity contribution is -0.144. The third-order valence-corrected chi connectivity index (χ3v) is 7.79. The first-order valence-corrected chi connectivity index (χ1v) is 13.3. The number of hydrogen-bond acceptors (Lipinski definition) is 7. The van der Waals surface area contributed by atoms with Gasteiger partial charge in [0, 0.05) is 17.7 Å². The maximum Gasteiger partial charge on any atom is 0.341 e. The highest BCUT2D eigenvalue weighted by atomic mass is 32.1. The van der Waals surface area contributed by atoms with Crippen LogP contribution in [0, 0.1) is 11.3 Å². The van der Waals surface area contributed by atoms with Gasteiger partial charge < -0.3 is 20.1 Å². The molecular formula is C27H34N2O5S2. The molecule has 1 unspecified atom stereocenters. The molecule has 2 N–H and O–H groups in total. The Hall–Kier alpha value is -2.78. The smallest absolute Gasteiger partial charge is 0.341 e. The molecule has 1 aliphatic rings. The summed E-state index contributed by atoms with van der Waals surface area (Å²) in [6, 6.07) is 9.72. The van der Waals surface area contributed by atoms with Crippen molar-refractivity contribution >= 4 is 51.5 Å². The largest absolute Gasteiger partial charge is 0.465 e. The Balaban J connectivity index is 1.52. The van der Waals surface area contributed by atoms with E-state index < -0.39 is 17.8 Å². The van der Waals surface area contributed by atoms with Gasteiger partial charge in [-0.2, -0.15) is 0 Å². The van der Waals surface area contributed by atoms with Crippen molar-refractivity contribution in [3.05, 3.63) is 51.9 Å². The molecule has 1 aromatic carbocycles. The van der Waals surface area contributed by atoms with E-state index in [2.05, 4.69) is 31.4 Å². The Kier molecular flexibility index (Phi) is 9.62. The molecule has 0 spiro atoms. The van der Waals surface area contributed by atoms with Gasteiger partial charge in [0.1, 0.15) is 5.00 Å². The molecule has 0 aliphatic heterocycles. The lowest BCUT2D eigenvalue weighted by Gasteiger charge is -2.33. The van der Waals surface area contributed by atoms with Crippen LogP contribution in [0.4, 0.5) is 5.00 Å². The Morgan fingerprint density at radius 2 is 1.86 bits per heavy atom. The van der Waals surface area contributed by atoms with E-state index in [1.165, 1.54) is 18.4 Å². The number of anilines is 1. The van der Waals surface area contributed by atoms with Crippen LogP contribution in [0.25, 0.3) is 0 Å². The van der Waals surface area contributed by atoms with E-state index in [-0.39, 0.29) is 30.0 Å². The van der Waals surface area contributed by atoms with Gasteiger partial charge in [0.25, 0.3) is 0 Å². The molecule has 0 radical (unpaired) electrons. The van der Waals surface area contributed by atoms with Crippen molar-refractivity contribution in [2.45, 2.75) is 59.3 Å². The fourth-order valence-electron chi connectivity index (χ4n) is 4.27. The number of amides is 1. The number of thiocarbonyl (C=S) groups is 1. The van der Waals surface area contributed by atoms with Crippen LogP contribution in [0.1, 0.15) is 66.4 Å². The quantitative estimate of drug-likeness (QED) is 0.364. The zero-order valence-electron chi connectivity index (χ0n) is 21.3. The SMILES string of the molecule is COC(=O)c1c(NC(=S)NC(=O)CCC(=O)OCCc2ccccc2)sc2c1CCC(C(C)(C)C)C2. The van der Waals surface area contributed by atoms with Gasteiger partial charge in [0.15, 0.2) is 5.11 Å². The molecule has 3 rings (SSSR count). The Morgan fingerprint density at radius 1 is 1.14 bits per heavy atom. The average molecular weight is 531 g/mol.